The van der Waals surface area contributed by atoms with Crippen LogP contribution in [0.25, 0.3) is 0 Å². The Bertz CT molecular complexity index is 959. The lowest BCUT2D eigenvalue weighted by Gasteiger charge is -2.30. The molecule has 8 heteroatoms. The number of carbonyl (C=O) groups excluding carboxylic acids is 1. The van der Waals surface area contributed by atoms with E-state index in [-0.39, 0.29) is 25.5 Å². The fourth-order valence-corrected chi connectivity index (χ4v) is 3.76. The molecule has 0 aliphatic carbocycles. The first-order valence-corrected chi connectivity index (χ1v) is 11.2. The van der Waals surface area contributed by atoms with Crippen LogP contribution in [0.4, 0.5) is 0 Å². The van der Waals surface area contributed by atoms with Crippen molar-refractivity contribution >= 4 is 11.8 Å². The zero-order chi connectivity index (χ0) is 24.4. The van der Waals surface area contributed by atoms with Gasteiger partial charge in [-0.2, -0.15) is 0 Å². The average molecular weight is 469 g/mol. The second-order valence-corrected chi connectivity index (χ2v) is 7.80. The number of rotatable bonds is 13. The molecule has 34 heavy (non-hydrogen) atoms. The Morgan fingerprint density at radius 2 is 1.91 bits per heavy atom. The highest BCUT2D eigenvalue weighted by Crippen LogP contribution is 2.42. The molecule has 2 aromatic carbocycles. The highest BCUT2D eigenvalue weighted by molar-refractivity contribution is 6.01. The summed E-state index contributed by atoms with van der Waals surface area (Å²) in [5.41, 5.74) is 0.305. The molecule has 1 aliphatic rings. The second kappa shape index (κ2) is 12.3. The number of aliphatic hydroxyl groups is 1. The van der Waals surface area contributed by atoms with E-state index in [1.165, 1.54) is 14.2 Å². The predicted octanol–water partition coefficient (Wildman–Crippen LogP) is 3.02. The van der Waals surface area contributed by atoms with Gasteiger partial charge in [-0.3, -0.25) is 4.79 Å². The maximum atomic E-state index is 13.6. The largest absolute Gasteiger partial charge is 0.494 e. The minimum Gasteiger partial charge on any atom is -0.494 e. The third-order valence-corrected chi connectivity index (χ3v) is 5.54. The van der Waals surface area contributed by atoms with Gasteiger partial charge >= 0.3 is 0 Å². The van der Waals surface area contributed by atoms with Gasteiger partial charge in [-0.25, -0.2) is 4.99 Å². The summed E-state index contributed by atoms with van der Waals surface area (Å²) >= 11 is 0. The van der Waals surface area contributed by atoms with E-state index in [1.807, 2.05) is 54.6 Å². The quantitative estimate of drug-likeness (QED) is 0.266. The van der Waals surface area contributed by atoms with Gasteiger partial charge in [0.2, 0.25) is 5.90 Å². The summed E-state index contributed by atoms with van der Waals surface area (Å²) in [5.74, 6) is 0.734. The third kappa shape index (κ3) is 5.83. The standard InChI is InChI=1S/C26H32N2O6/c1-4-15-26(25(30)27-18-22(31-2)32-3)23(19-9-6-5-7-10-19)34-24(28-26)20-11-13-21(14-12-20)33-17-8-16-29/h4-7,9-14,22-23,29H,1,8,15-18H2,2-3H3,(H,27,30)/t23-,26-/m1/s1. The van der Waals surface area contributed by atoms with E-state index >= 15 is 0 Å². The van der Waals surface area contributed by atoms with Gasteiger partial charge in [0.05, 0.1) is 13.2 Å². The molecule has 2 N–H and O–H groups in total. The maximum absolute atomic E-state index is 13.6. The van der Waals surface area contributed by atoms with Crippen molar-refractivity contribution in [3.05, 3.63) is 78.4 Å². The van der Waals surface area contributed by atoms with Crippen molar-refractivity contribution < 1.29 is 28.8 Å². The molecule has 1 aliphatic heterocycles. The Balaban J connectivity index is 1.93. The third-order valence-electron chi connectivity index (χ3n) is 5.54. The Morgan fingerprint density at radius 3 is 2.53 bits per heavy atom. The van der Waals surface area contributed by atoms with Crippen LogP contribution < -0.4 is 10.1 Å². The molecule has 2 aromatic rings. The van der Waals surface area contributed by atoms with Gasteiger partial charge in [0.25, 0.3) is 5.91 Å². The molecule has 0 bridgehead atoms. The van der Waals surface area contributed by atoms with E-state index in [0.29, 0.717) is 24.7 Å². The molecule has 0 unspecified atom stereocenters. The topological polar surface area (TPSA) is 98.6 Å². The van der Waals surface area contributed by atoms with Crippen molar-refractivity contribution in [1.29, 1.82) is 0 Å². The Labute approximate surface area is 200 Å². The summed E-state index contributed by atoms with van der Waals surface area (Å²) in [5, 5.41) is 11.8. The summed E-state index contributed by atoms with van der Waals surface area (Å²) < 4.78 is 22.3. The summed E-state index contributed by atoms with van der Waals surface area (Å²) in [6.45, 7) is 4.53. The highest BCUT2D eigenvalue weighted by Gasteiger charge is 2.52. The molecule has 1 heterocycles. The van der Waals surface area contributed by atoms with Crippen molar-refractivity contribution in [2.24, 2.45) is 4.99 Å². The molecule has 3 rings (SSSR count). The molecular formula is C26H32N2O6. The summed E-state index contributed by atoms with van der Waals surface area (Å²) in [6.07, 6.45) is 1.28. The molecule has 2 atom stereocenters. The van der Waals surface area contributed by atoms with Gasteiger partial charge in [-0.15, -0.1) is 6.58 Å². The molecule has 0 radical (unpaired) electrons. The maximum Gasteiger partial charge on any atom is 0.252 e. The van der Waals surface area contributed by atoms with E-state index in [0.717, 1.165) is 11.1 Å². The Kier molecular flexibility index (Phi) is 9.21. The van der Waals surface area contributed by atoms with Crippen LogP contribution in [0.2, 0.25) is 0 Å². The monoisotopic (exact) mass is 468 g/mol. The first kappa shape index (κ1) is 25.4. The molecule has 0 fully saturated rings. The highest BCUT2D eigenvalue weighted by atomic mass is 16.7. The molecule has 0 saturated heterocycles. The summed E-state index contributed by atoms with van der Waals surface area (Å²) in [6, 6.07) is 16.8. The number of carbonyl (C=O) groups is 1. The minimum absolute atomic E-state index is 0.0760. The first-order chi connectivity index (χ1) is 16.6. The SMILES string of the molecule is C=CC[C@@]1(C(=O)NCC(OC)OC)N=C(c2ccc(OCCCO)cc2)O[C@@H]1c1ccccc1. The van der Waals surface area contributed by atoms with Gasteiger partial charge in [-0.05, 0) is 29.8 Å². The zero-order valence-corrected chi connectivity index (χ0v) is 19.6. The van der Waals surface area contributed by atoms with Gasteiger partial charge in [-0.1, -0.05) is 36.4 Å². The van der Waals surface area contributed by atoms with E-state index in [2.05, 4.69) is 11.9 Å². The number of amides is 1. The van der Waals surface area contributed by atoms with Crippen LogP contribution in [-0.4, -0.2) is 62.7 Å². The molecule has 0 aromatic heterocycles. The zero-order valence-electron chi connectivity index (χ0n) is 19.6. The van der Waals surface area contributed by atoms with Crippen LogP contribution in [0.5, 0.6) is 5.75 Å². The van der Waals surface area contributed by atoms with Crippen molar-refractivity contribution in [3.8, 4) is 5.75 Å². The van der Waals surface area contributed by atoms with E-state index in [1.54, 1.807) is 6.08 Å². The van der Waals surface area contributed by atoms with Crippen molar-refractivity contribution in [3.63, 3.8) is 0 Å². The lowest BCUT2D eigenvalue weighted by Crippen LogP contribution is -2.50. The van der Waals surface area contributed by atoms with Crippen LogP contribution in [0, 0.1) is 0 Å². The van der Waals surface area contributed by atoms with Gasteiger partial charge in [0.1, 0.15) is 5.75 Å². The molecule has 0 spiro atoms. The normalized spacial score (nSPS) is 19.4. The van der Waals surface area contributed by atoms with Gasteiger partial charge in [0, 0.05) is 39.2 Å². The molecule has 0 saturated carbocycles. The first-order valence-electron chi connectivity index (χ1n) is 11.2. The Hall–Kier alpha value is -3.20. The van der Waals surface area contributed by atoms with E-state index in [4.69, 9.17) is 29.0 Å². The summed E-state index contributed by atoms with van der Waals surface area (Å²) in [4.78, 5) is 18.4. The number of ether oxygens (including phenoxy) is 4. The van der Waals surface area contributed by atoms with E-state index < -0.39 is 17.9 Å². The average Bonchev–Trinajstić information content (AvgIpc) is 3.26. The predicted molar refractivity (Wildman–Crippen MR) is 129 cm³/mol. The fourth-order valence-electron chi connectivity index (χ4n) is 3.76. The number of aliphatic hydroxyl groups excluding tert-OH is 1. The van der Waals surface area contributed by atoms with Crippen LogP contribution >= 0.6 is 0 Å². The molecule has 8 nitrogen and oxygen atoms in total. The van der Waals surface area contributed by atoms with Crippen LogP contribution in [-0.2, 0) is 19.0 Å². The fraction of sp³-hybridized carbons (Fsp3) is 0.385. The Morgan fingerprint density at radius 1 is 1.21 bits per heavy atom. The lowest BCUT2D eigenvalue weighted by molar-refractivity contribution is -0.134. The van der Waals surface area contributed by atoms with Gasteiger partial charge < -0.3 is 29.4 Å². The van der Waals surface area contributed by atoms with E-state index in [9.17, 15) is 4.79 Å². The van der Waals surface area contributed by atoms with Crippen molar-refractivity contribution in [1.82, 2.24) is 5.32 Å². The molecule has 182 valence electrons. The number of benzene rings is 2. The van der Waals surface area contributed by atoms with Crippen molar-refractivity contribution in [2.45, 2.75) is 30.8 Å². The second-order valence-electron chi connectivity index (χ2n) is 7.80. The number of hydrogen-bond donors (Lipinski definition) is 2. The number of nitrogens with zero attached hydrogens (tertiary/aromatic N) is 1. The van der Waals surface area contributed by atoms with Crippen LogP contribution in [0.1, 0.15) is 30.1 Å². The number of hydrogen-bond acceptors (Lipinski definition) is 7. The van der Waals surface area contributed by atoms with Gasteiger partial charge in [0.15, 0.2) is 17.9 Å². The summed E-state index contributed by atoms with van der Waals surface area (Å²) in [7, 11) is 3.03. The van der Waals surface area contributed by atoms with Crippen LogP contribution in [0.3, 0.4) is 0 Å². The number of methoxy groups -OCH3 is 2. The van der Waals surface area contributed by atoms with Crippen molar-refractivity contribution in [2.75, 3.05) is 34.0 Å². The number of nitrogens with one attached hydrogen (secondary N) is 1. The minimum atomic E-state index is -1.25. The number of aliphatic imine (C=N–C) groups is 1. The smallest absolute Gasteiger partial charge is 0.252 e. The molecule has 1 amide bonds. The lowest BCUT2D eigenvalue weighted by atomic mass is 9.84. The molecular weight excluding hydrogens is 436 g/mol. The van der Waals surface area contributed by atoms with Crippen LogP contribution in [0.15, 0.2) is 72.2 Å².